The summed E-state index contributed by atoms with van der Waals surface area (Å²) in [6.07, 6.45) is 0. The average molecular weight is 333 g/mol. The maximum Gasteiger partial charge on any atom is 0.309 e. The van der Waals surface area contributed by atoms with Crippen LogP contribution in [0.15, 0.2) is 33.6 Å². The number of nitrogens with two attached hydrogens (primary N) is 1. The molecule has 0 atom stereocenters. The zero-order valence-electron chi connectivity index (χ0n) is 10.7. The topological polar surface area (TPSA) is 98.2 Å². The second-order valence-electron chi connectivity index (χ2n) is 3.84. The van der Waals surface area contributed by atoms with Gasteiger partial charge in [-0.25, -0.2) is 13.1 Å². The van der Waals surface area contributed by atoms with Crippen molar-refractivity contribution in [1.29, 1.82) is 0 Å². The number of nitrogens with zero attached hydrogens (tertiary/aromatic N) is 1. The molecule has 1 aromatic carbocycles. The van der Waals surface area contributed by atoms with Gasteiger partial charge in [-0.1, -0.05) is 0 Å². The smallest absolute Gasteiger partial charge is 0.309 e. The van der Waals surface area contributed by atoms with Gasteiger partial charge >= 0.3 is 6.01 Å². The minimum atomic E-state index is -3.70. The van der Waals surface area contributed by atoms with Crippen molar-refractivity contribution in [2.24, 2.45) is 0 Å². The van der Waals surface area contributed by atoms with E-state index in [1.807, 2.05) is 0 Å². The van der Waals surface area contributed by atoms with Crippen molar-refractivity contribution in [3.05, 3.63) is 35.7 Å². The second kappa shape index (κ2) is 5.71. The fourth-order valence-electron chi connectivity index (χ4n) is 1.34. The molecule has 0 saturated carbocycles. The molecule has 0 saturated heterocycles. The van der Waals surface area contributed by atoms with E-state index < -0.39 is 10.0 Å². The SMILES string of the molecule is Cc1nc(NS(=O)(=O)c2ccc(N)cc2)oc1C.[Zn]. The van der Waals surface area contributed by atoms with Gasteiger partial charge in [-0.15, -0.1) is 0 Å². The number of nitrogens with one attached hydrogen (secondary N) is 1. The summed E-state index contributed by atoms with van der Waals surface area (Å²) in [6.45, 7) is 3.45. The number of hydrogen-bond donors (Lipinski definition) is 2. The van der Waals surface area contributed by atoms with Crippen molar-refractivity contribution >= 4 is 21.7 Å². The van der Waals surface area contributed by atoms with E-state index in [4.69, 9.17) is 10.2 Å². The molecule has 0 fully saturated rings. The van der Waals surface area contributed by atoms with Gasteiger partial charge in [-0.2, -0.15) is 4.98 Å². The zero-order valence-corrected chi connectivity index (χ0v) is 14.5. The molecule has 0 aliphatic rings. The van der Waals surface area contributed by atoms with Crippen LogP contribution in [0.3, 0.4) is 0 Å². The van der Waals surface area contributed by atoms with Gasteiger partial charge in [0.2, 0.25) is 0 Å². The summed E-state index contributed by atoms with van der Waals surface area (Å²) in [7, 11) is -3.70. The minimum Gasteiger partial charge on any atom is -0.428 e. The summed E-state index contributed by atoms with van der Waals surface area (Å²) in [5, 5.41) is 0. The Labute approximate surface area is 124 Å². The average Bonchev–Trinajstić information content (AvgIpc) is 2.57. The molecule has 0 amide bonds. The summed E-state index contributed by atoms with van der Waals surface area (Å²) in [4.78, 5) is 4.06. The van der Waals surface area contributed by atoms with Gasteiger partial charge in [0, 0.05) is 25.2 Å². The van der Waals surface area contributed by atoms with E-state index in [0.29, 0.717) is 17.1 Å². The van der Waals surface area contributed by atoms with Crippen molar-refractivity contribution in [1.82, 2.24) is 4.98 Å². The Bertz CT molecular complexity index is 645. The van der Waals surface area contributed by atoms with Crippen molar-refractivity contribution in [2.45, 2.75) is 18.7 Å². The summed E-state index contributed by atoms with van der Waals surface area (Å²) in [6, 6.07) is 5.82. The summed E-state index contributed by atoms with van der Waals surface area (Å²) >= 11 is 0. The van der Waals surface area contributed by atoms with Crippen LogP contribution in [0.1, 0.15) is 11.5 Å². The summed E-state index contributed by atoms with van der Waals surface area (Å²) in [5.74, 6) is 0.574. The van der Waals surface area contributed by atoms with E-state index in [0.717, 1.165) is 0 Å². The first kappa shape index (κ1) is 15.7. The van der Waals surface area contributed by atoms with Crippen LogP contribution in [0.4, 0.5) is 11.7 Å². The standard InChI is InChI=1S/C11H13N3O3S.Zn/c1-7-8(2)17-11(13-7)14-18(15,16)10-5-3-9(12)4-6-10;/h3-6H,12H2,1-2H3,(H,13,14);. The van der Waals surface area contributed by atoms with Crippen LogP contribution >= 0.6 is 0 Å². The number of aromatic nitrogens is 1. The van der Waals surface area contributed by atoms with Gasteiger partial charge in [0.05, 0.1) is 10.6 Å². The first-order valence-electron chi connectivity index (χ1n) is 5.21. The molecule has 19 heavy (non-hydrogen) atoms. The van der Waals surface area contributed by atoms with Crippen molar-refractivity contribution in [3.63, 3.8) is 0 Å². The van der Waals surface area contributed by atoms with Crippen LogP contribution in [-0.2, 0) is 29.5 Å². The molecule has 6 nitrogen and oxygen atoms in total. The molecule has 3 N–H and O–H groups in total. The molecule has 98 valence electrons. The van der Waals surface area contributed by atoms with Gasteiger partial charge in [-0.3, -0.25) is 0 Å². The number of sulfonamides is 1. The van der Waals surface area contributed by atoms with Gasteiger partial charge in [0.15, 0.2) is 0 Å². The van der Waals surface area contributed by atoms with Gasteiger partial charge in [0.25, 0.3) is 10.0 Å². The molecule has 0 unspecified atom stereocenters. The number of benzene rings is 1. The summed E-state index contributed by atoms with van der Waals surface area (Å²) < 4.78 is 31.4. The number of nitrogen functional groups attached to an aromatic ring is 1. The Kier molecular flexibility index (Phi) is 4.71. The van der Waals surface area contributed by atoms with Crippen LogP contribution in [0.5, 0.6) is 0 Å². The predicted molar refractivity (Wildman–Crippen MR) is 67.6 cm³/mol. The van der Waals surface area contributed by atoms with Crippen LogP contribution in [0.2, 0.25) is 0 Å². The van der Waals surface area contributed by atoms with E-state index in [-0.39, 0.29) is 30.4 Å². The molecule has 0 bridgehead atoms. The number of rotatable bonds is 3. The molecule has 0 radical (unpaired) electrons. The second-order valence-corrected chi connectivity index (χ2v) is 5.52. The maximum atomic E-state index is 12.0. The van der Waals surface area contributed by atoms with Crippen molar-refractivity contribution < 1.29 is 32.3 Å². The molecule has 2 aromatic rings. The number of anilines is 2. The normalized spacial score (nSPS) is 10.8. The maximum absolute atomic E-state index is 12.0. The first-order valence-corrected chi connectivity index (χ1v) is 6.69. The van der Waals surface area contributed by atoms with Crippen LogP contribution in [0.25, 0.3) is 0 Å². The Balaban J connectivity index is 0.00000180. The molecular formula is C11H13N3O3SZn. The molecule has 2 rings (SSSR count). The van der Waals surface area contributed by atoms with Crippen LogP contribution in [-0.4, -0.2) is 13.4 Å². The molecule has 0 aliphatic heterocycles. The van der Waals surface area contributed by atoms with E-state index >= 15 is 0 Å². The third-order valence-electron chi connectivity index (χ3n) is 2.44. The Morgan fingerprint density at radius 2 is 1.79 bits per heavy atom. The number of hydrogen-bond acceptors (Lipinski definition) is 5. The predicted octanol–water partition coefficient (Wildman–Crippen LogP) is 1.67. The molecule has 1 heterocycles. The van der Waals surface area contributed by atoms with E-state index in [2.05, 4.69) is 9.71 Å². The Morgan fingerprint density at radius 3 is 2.26 bits per heavy atom. The molecule has 0 aliphatic carbocycles. The van der Waals surface area contributed by atoms with Crippen LogP contribution in [0, 0.1) is 13.8 Å². The fourth-order valence-corrected chi connectivity index (χ4v) is 2.27. The number of oxazole rings is 1. The Hall–Kier alpha value is -1.40. The van der Waals surface area contributed by atoms with E-state index in [9.17, 15) is 8.42 Å². The largest absolute Gasteiger partial charge is 0.428 e. The van der Waals surface area contributed by atoms with Gasteiger partial charge in [-0.05, 0) is 38.1 Å². The van der Waals surface area contributed by atoms with Gasteiger partial charge < -0.3 is 10.2 Å². The van der Waals surface area contributed by atoms with Crippen molar-refractivity contribution in [3.8, 4) is 0 Å². The molecule has 8 heteroatoms. The van der Waals surface area contributed by atoms with Crippen LogP contribution < -0.4 is 10.5 Å². The zero-order chi connectivity index (χ0) is 13.3. The van der Waals surface area contributed by atoms with Gasteiger partial charge in [0.1, 0.15) is 5.76 Å². The molecule has 0 spiro atoms. The van der Waals surface area contributed by atoms with E-state index in [1.165, 1.54) is 24.3 Å². The molecular weight excluding hydrogens is 320 g/mol. The third kappa shape index (κ3) is 3.55. The molecule has 1 aromatic heterocycles. The fraction of sp³-hybridized carbons (Fsp3) is 0.182. The van der Waals surface area contributed by atoms with Crippen molar-refractivity contribution in [2.75, 3.05) is 10.5 Å². The minimum absolute atomic E-state index is 0. The summed E-state index contributed by atoms with van der Waals surface area (Å²) in [5.41, 5.74) is 6.64. The third-order valence-corrected chi connectivity index (χ3v) is 3.78. The number of aryl methyl sites for hydroxylation is 2. The first-order chi connectivity index (χ1) is 8.38. The Morgan fingerprint density at radius 1 is 1.21 bits per heavy atom. The monoisotopic (exact) mass is 331 g/mol. The quantitative estimate of drug-likeness (QED) is 0.658. The van der Waals surface area contributed by atoms with E-state index in [1.54, 1.807) is 13.8 Å².